The largest absolute Gasteiger partial charge is 0.492 e. The monoisotopic (exact) mass is 414 g/mol. The van der Waals surface area contributed by atoms with Crippen LogP contribution in [0.15, 0.2) is 30.4 Å². The van der Waals surface area contributed by atoms with Crippen LogP contribution in [0.2, 0.25) is 0 Å². The summed E-state index contributed by atoms with van der Waals surface area (Å²) in [5.41, 5.74) is 1.79. The van der Waals surface area contributed by atoms with Crippen LogP contribution in [0.4, 0.5) is 0 Å². The van der Waals surface area contributed by atoms with E-state index in [2.05, 4.69) is 6.92 Å². The Morgan fingerprint density at radius 1 is 1.12 bits per heavy atom. The number of rotatable bonds is 8. The smallest absolute Gasteiger partial charge is 0.163 e. The van der Waals surface area contributed by atoms with E-state index >= 15 is 0 Å². The van der Waals surface area contributed by atoms with Crippen molar-refractivity contribution in [1.29, 1.82) is 0 Å². The number of benzene rings is 1. The molecule has 0 amide bonds. The van der Waals surface area contributed by atoms with E-state index in [1.807, 2.05) is 24.3 Å². The van der Waals surface area contributed by atoms with Gasteiger partial charge < -0.3 is 11.7 Å². The van der Waals surface area contributed by atoms with E-state index in [0.717, 1.165) is 49.0 Å². The number of unbranched alkanes of at least 4 members (excludes halogenated alkanes) is 3. The van der Waals surface area contributed by atoms with E-state index in [1.165, 1.54) is 6.42 Å². The summed E-state index contributed by atoms with van der Waals surface area (Å²) in [6.45, 7) is 4.27. The second kappa shape index (κ2) is 9.78. The maximum Gasteiger partial charge on any atom is 0.163 e. The Kier molecular flexibility index (Phi) is 8.02. The number of hydrogen-bond donors (Lipinski definition) is 0. The predicted molar refractivity (Wildman–Crippen MR) is 94.2 cm³/mol. The molecule has 0 saturated carbocycles. The SMILES string of the molecule is [CH2-]CCCCC[C@H]1C=CC(=O)[C@@H]1COc1cccc2c1CCC2=O.[Y]. The molecule has 0 aromatic heterocycles. The van der Waals surface area contributed by atoms with Crippen LogP contribution in [0.3, 0.4) is 0 Å². The molecule has 0 heterocycles. The molecule has 25 heavy (non-hydrogen) atoms. The van der Waals surface area contributed by atoms with Gasteiger partial charge in [-0.1, -0.05) is 37.5 Å². The summed E-state index contributed by atoms with van der Waals surface area (Å²) < 4.78 is 5.99. The van der Waals surface area contributed by atoms with E-state index < -0.39 is 0 Å². The Hall–Kier alpha value is -0.796. The molecule has 1 radical (unpaired) electrons. The first-order chi connectivity index (χ1) is 11.7. The summed E-state index contributed by atoms with van der Waals surface area (Å²) in [7, 11) is 0. The number of allylic oxidation sites excluding steroid dienone is 2. The minimum atomic E-state index is -0.0855. The first kappa shape index (κ1) is 20.5. The second-order valence-corrected chi connectivity index (χ2v) is 6.75. The molecule has 131 valence electrons. The van der Waals surface area contributed by atoms with Crippen LogP contribution in [0.1, 0.15) is 54.4 Å². The maximum absolute atomic E-state index is 12.1. The molecule has 3 nitrogen and oxygen atoms in total. The van der Waals surface area contributed by atoms with E-state index in [9.17, 15) is 9.59 Å². The van der Waals surface area contributed by atoms with Crippen molar-refractivity contribution < 1.29 is 47.0 Å². The number of Topliss-reactive ketones (excluding diaryl/α,β-unsaturated/α-hetero) is 1. The van der Waals surface area contributed by atoms with Crippen molar-refractivity contribution in [1.82, 2.24) is 0 Å². The van der Waals surface area contributed by atoms with Gasteiger partial charge in [0.15, 0.2) is 11.6 Å². The molecule has 0 aliphatic heterocycles. The molecule has 1 aromatic rings. The fourth-order valence-corrected chi connectivity index (χ4v) is 3.70. The van der Waals surface area contributed by atoms with Crippen molar-refractivity contribution in [2.75, 3.05) is 6.61 Å². The molecule has 0 fully saturated rings. The van der Waals surface area contributed by atoms with Crippen molar-refractivity contribution in [3.05, 3.63) is 48.4 Å². The summed E-state index contributed by atoms with van der Waals surface area (Å²) in [5.74, 6) is 1.32. The van der Waals surface area contributed by atoms with Gasteiger partial charge in [-0.2, -0.15) is 6.42 Å². The van der Waals surface area contributed by atoms with Gasteiger partial charge >= 0.3 is 0 Å². The van der Waals surface area contributed by atoms with Gasteiger partial charge in [0, 0.05) is 50.3 Å². The van der Waals surface area contributed by atoms with Crippen LogP contribution in [-0.4, -0.2) is 18.2 Å². The van der Waals surface area contributed by atoms with Gasteiger partial charge in [-0.05, 0) is 30.9 Å². The molecule has 2 aliphatic rings. The molecule has 0 bridgehead atoms. The van der Waals surface area contributed by atoms with Gasteiger partial charge in [0.05, 0.1) is 12.5 Å². The van der Waals surface area contributed by atoms with Gasteiger partial charge in [-0.25, -0.2) is 0 Å². The number of carbonyl (C=O) groups is 2. The molecule has 2 aliphatic carbocycles. The molecule has 1 aromatic carbocycles. The normalized spacial score (nSPS) is 21.3. The second-order valence-electron chi connectivity index (χ2n) is 6.75. The molecule has 2 atom stereocenters. The topological polar surface area (TPSA) is 43.4 Å². The summed E-state index contributed by atoms with van der Waals surface area (Å²) >= 11 is 0. The van der Waals surface area contributed by atoms with Crippen molar-refractivity contribution in [2.24, 2.45) is 11.8 Å². The molecular formula is C21H25O3Y-. The first-order valence-electron chi connectivity index (χ1n) is 9.00. The first-order valence-corrected chi connectivity index (χ1v) is 9.00. The third kappa shape index (κ3) is 4.89. The molecule has 0 unspecified atom stereocenters. The average molecular weight is 414 g/mol. The van der Waals surface area contributed by atoms with Crippen LogP contribution in [-0.2, 0) is 43.9 Å². The third-order valence-electron chi connectivity index (χ3n) is 5.13. The minimum absolute atomic E-state index is 0. The summed E-state index contributed by atoms with van der Waals surface area (Å²) in [6, 6.07) is 5.64. The molecule has 0 spiro atoms. The van der Waals surface area contributed by atoms with Gasteiger partial charge in [0.2, 0.25) is 0 Å². The van der Waals surface area contributed by atoms with Crippen molar-refractivity contribution >= 4 is 11.6 Å². The van der Waals surface area contributed by atoms with Crippen LogP contribution >= 0.6 is 0 Å². The van der Waals surface area contributed by atoms with Crippen molar-refractivity contribution in [3.8, 4) is 5.75 Å². The summed E-state index contributed by atoms with van der Waals surface area (Å²) in [5, 5.41) is 0. The Labute approximate surface area is 175 Å². The minimum Gasteiger partial charge on any atom is -0.492 e. The van der Waals surface area contributed by atoms with Gasteiger partial charge in [-0.3, -0.25) is 9.59 Å². The van der Waals surface area contributed by atoms with Crippen LogP contribution < -0.4 is 4.74 Å². The van der Waals surface area contributed by atoms with Crippen molar-refractivity contribution in [3.63, 3.8) is 0 Å². The Balaban J connectivity index is 0.00000225. The van der Waals surface area contributed by atoms with E-state index in [4.69, 9.17) is 4.74 Å². The van der Waals surface area contributed by atoms with E-state index in [1.54, 1.807) is 6.08 Å². The zero-order chi connectivity index (χ0) is 16.9. The van der Waals surface area contributed by atoms with E-state index in [0.29, 0.717) is 13.0 Å². The van der Waals surface area contributed by atoms with Crippen LogP contribution in [0, 0.1) is 18.8 Å². The molecule has 4 heteroatoms. The standard InChI is InChI=1S/C21H25O3.Y/c1-2-3-4-5-7-15-10-12-20(23)18(15)14-24-21-9-6-8-16-17(21)11-13-19(16)22;/h6,8-10,12,15,18H,1-5,7,11,13-14H2;/q-1;/t15-,18+;/m0./s1. The van der Waals surface area contributed by atoms with Crippen LogP contribution in [0.5, 0.6) is 5.75 Å². The number of ether oxygens (including phenoxy) is 1. The molecular weight excluding hydrogens is 389 g/mol. The number of ketones is 2. The number of carbonyl (C=O) groups excluding carboxylic acids is 2. The fourth-order valence-electron chi connectivity index (χ4n) is 3.70. The fraction of sp³-hybridized carbons (Fsp3) is 0.476. The van der Waals surface area contributed by atoms with Gasteiger partial charge in [0.25, 0.3) is 0 Å². The predicted octanol–water partition coefficient (Wildman–Crippen LogP) is 4.35. The quantitative estimate of drug-likeness (QED) is 0.469. The molecule has 0 saturated heterocycles. The molecule has 3 rings (SSSR count). The zero-order valence-corrected chi connectivity index (χ0v) is 17.5. The number of hydrogen-bond acceptors (Lipinski definition) is 3. The third-order valence-corrected chi connectivity index (χ3v) is 5.13. The summed E-state index contributed by atoms with van der Waals surface area (Å²) in [4.78, 5) is 24.0. The van der Waals surface area contributed by atoms with Crippen LogP contribution in [0.25, 0.3) is 0 Å². The van der Waals surface area contributed by atoms with Gasteiger partial charge in [0.1, 0.15) is 5.75 Å². The Morgan fingerprint density at radius 3 is 2.76 bits per heavy atom. The Bertz CT molecular complexity index is 651. The van der Waals surface area contributed by atoms with E-state index in [-0.39, 0.29) is 56.1 Å². The average Bonchev–Trinajstić information content (AvgIpc) is 3.14. The maximum atomic E-state index is 12.1. The van der Waals surface area contributed by atoms with Crippen molar-refractivity contribution in [2.45, 2.75) is 44.9 Å². The molecule has 0 N–H and O–H groups in total. The van der Waals surface area contributed by atoms with Gasteiger partial charge in [-0.15, -0.1) is 0 Å². The summed E-state index contributed by atoms with van der Waals surface area (Å²) in [6.07, 6.45) is 10.5. The number of fused-ring (bicyclic) bond motifs is 1. The zero-order valence-electron chi connectivity index (χ0n) is 14.7. The Morgan fingerprint density at radius 2 is 1.96 bits per heavy atom.